The molecule has 52 heavy (non-hydrogen) atoms. The van der Waals surface area contributed by atoms with E-state index in [9.17, 15) is 29.1 Å². The van der Waals surface area contributed by atoms with Crippen LogP contribution in [0.1, 0.15) is 77.0 Å². The van der Waals surface area contributed by atoms with Gasteiger partial charge in [-0.25, -0.2) is 4.79 Å². The van der Waals surface area contributed by atoms with Crippen LogP contribution >= 0.6 is 0 Å². The largest absolute Gasteiger partial charge is 0.480 e. The minimum atomic E-state index is -1.25. The number of aliphatic imine (C=N–C) groups is 3. The van der Waals surface area contributed by atoms with E-state index < -0.39 is 59.8 Å². The van der Waals surface area contributed by atoms with Gasteiger partial charge in [0, 0.05) is 19.6 Å². The Morgan fingerprint density at radius 3 is 1.12 bits per heavy atom. The zero-order valence-electron chi connectivity index (χ0n) is 29.9. The van der Waals surface area contributed by atoms with Crippen molar-refractivity contribution in [3.05, 3.63) is 0 Å². The number of hydrogen-bond donors (Lipinski definition) is 14. The van der Waals surface area contributed by atoms with E-state index in [4.69, 9.17) is 51.6 Å². The van der Waals surface area contributed by atoms with Crippen molar-refractivity contribution in [3.63, 3.8) is 0 Å². The third kappa shape index (κ3) is 22.7. The van der Waals surface area contributed by atoms with Crippen LogP contribution < -0.4 is 72.9 Å². The standard InChI is InChI=1S/C30H62N16O6/c31-13-3-1-9-19(43-23(47)18(33)8-5-15-40-28(34)35)24(48)44-20(11-6-16-41-29(36)37)25(49)45-21(12-7-17-42-30(38)39)26(50)46-22(27(51)52)10-2-4-14-32/h18-22H,1-17,31-33H2,(H,43,47)(H,44,48)(H,45,49)(H,46,50)(H,51,52)(H4,34,35,40)(H4,36,37,41)(H4,38,39,42). The van der Waals surface area contributed by atoms with Crippen LogP contribution in [0.2, 0.25) is 0 Å². The minimum Gasteiger partial charge on any atom is -0.480 e. The Bertz CT molecular complexity index is 1190. The molecule has 0 aromatic rings. The lowest BCUT2D eigenvalue weighted by Gasteiger charge is -2.26. The fraction of sp³-hybridized carbons (Fsp3) is 0.733. The molecule has 0 rings (SSSR count). The predicted molar refractivity (Wildman–Crippen MR) is 199 cm³/mol. The van der Waals surface area contributed by atoms with Crippen molar-refractivity contribution in [2.45, 2.75) is 107 Å². The number of aliphatic carboxylic acids is 1. The average molecular weight is 743 g/mol. The van der Waals surface area contributed by atoms with Crippen LogP contribution in [0.4, 0.5) is 0 Å². The first kappa shape index (κ1) is 47.0. The van der Waals surface area contributed by atoms with E-state index in [1.165, 1.54) is 0 Å². The van der Waals surface area contributed by atoms with Gasteiger partial charge in [-0.05, 0) is 90.1 Å². The molecule has 22 heteroatoms. The van der Waals surface area contributed by atoms with E-state index >= 15 is 0 Å². The smallest absolute Gasteiger partial charge is 0.326 e. The van der Waals surface area contributed by atoms with Gasteiger partial charge >= 0.3 is 5.97 Å². The fourth-order valence-corrected chi connectivity index (χ4v) is 4.80. The van der Waals surface area contributed by atoms with E-state index in [0.717, 1.165) is 0 Å². The van der Waals surface area contributed by atoms with Gasteiger partial charge in [-0.2, -0.15) is 0 Å². The molecule has 0 spiro atoms. The van der Waals surface area contributed by atoms with Gasteiger partial charge < -0.3 is 78.0 Å². The van der Waals surface area contributed by atoms with Gasteiger partial charge in [-0.15, -0.1) is 0 Å². The lowest BCUT2D eigenvalue weighted by molar-refractivity contribution is -0.142. The molecule has 0 heterocycles. The van der Waals surface area contributed by atoms with Gasteiger partial charge in [0.2, 0.25) is 23.6 Å². The highest BCUT2D eigenvalue weighted by Gasteiger charge is 2.31. The second kappa shape index (κ2) is 27.7. The number of carboxylic acids is 1. The van der Waals surface area contributed by atoms with Crippen molar-refractivity contribution in [2.75, 3.05) is 32.7 Å². The van der Waals surface area contributed by atoms with Gasteiger partial charge in [-0.1, -0.05) is 0 Å². The molecule has 0 aromatic heterocycles. The predicted octanol–water partition coefficient (Wildman–Crippen LogP) is -5.24. The molecular weight excluding hydrogens is 680 g/mol. The molecule has 0 radical (unpaired) electrons. The quantitative estimate of drug-likeness (QED) is 0.0193. The molecule has 0 saturated heterocycles. The highest BCUT2D eigenvalue weighted by atomic mass is 16.4. The molecule has 0 bridgehead atoms. The molecule has 23 N–H and O–H groups in total. The van der Waals surface area contributed by atoms with E-state index in [1.807, 2.05) is 0 Å². The lowest BCUT2D eigenvalue weighted by atomic mass is 10.0. The van der Waals surface area contributed by atoms with Crippen LogP contribution in [0.15, 0.2) is 15.0 Å². The van der Waals surface area contributed by atoms with Crippen molar-refractivity contribution in [1.29, 1.82) is 0 Å². The lowest BCUT2D eigenvalue weighted by Crippen LogP contribution is -2.58. The second-order valence-electron chi connectivity index (χ2n) is 12.1. The number of amides is 4. The summed E-state index contributed by atoms with van der Waals surface area (Å²) in [6, 6.07) is -5.74. The topological polar surface area (TPSA) is 425 Å². The first-order chi connectivity index (χ1) is 24.6. The molecule has 22 nitrogen and oxygen atoms in total. The third-order valence-electron chi connectivity index (χ3n) is 7.60. The Morgan fingerprint density at radius 2 is 0.769 bits per heavy atom. The number of rotatable bonds is 29. The summed E-state index contributed by atoms with van der Waals surface area (Å²) in [6.45, 7) is 1.22. The zero-order chi connectivity index (χ0) is 39.5. The first-order valence-corrected chi connectivity index (χ1v) is 17.4. The van der Waals surface area contributed by atoms with E-state index in [2.05, 4.69) is 36.2 Å². The molecule has 4 amide bonds. The Kier molecular flexibility index (Phi) is 25.1. The summed E-state index contributed by atoms with van der Waals surface area (Å²) in [4.78, 5) is 77.3. The second-order valence-corrected chi connectivity index (χ2v) is 12.1. The van der Waals surface area contributed by atoms with E-state index in [0.29, 0.717) is 45.2 Å². The SMILES string of the molecule is NCCCCC(NC(=O)C(CCCN=C(N)N)NC(=O)C(CCCN=C(N)N)NC(=O)C(CCCCN)NC(=O)C(N)CCCN=C(N)N)C(=O)O. The summed E-state index contributed by atoms with van der Waals surface area (Å²) in [5.41, 5.74) is 49.5. The van der Waals surface area contributed by atoms with Gasteiger partial charge in [0.1, 0.15) is 24.2 Å². The molecule has 0 aromatic carbocycles. The molecule has 5 atom stereocenters. The van der Waals surface area contributed by atoms with Crippen LogP contribution in [0.3, 0.4) is 0 Å². The van der Waals surface area contributed by atoms with E-state index in [-0.39, 0.29) is 82.5 Å². The third-order valence-corrected chi connectivity index (χ3v) is 7.60. The van der Waals surface area contributed by atoms with Gasteiger partial charge in [0.15, 0.2) is 17.9 Å². The Morgan fingerprint density at radius 1 is 0.462 bits per heavy atom. The molecule has 0 aliphatic carbocycles. The summed E-state index contributed by atoms with van der Waals surface area (Å²) in [5.74, 6) is -4.46. The molecule has 5 unspecified atom stereocenters. The van der Waals surface area contributed by atoms with Crippen molar-refractivity contribution in [1.82, 2.24) is 21.3 Å². The van der Waals surface area contributed by atoms with Crippen molar-refractivity contribution >= 4 is 47.5 Å². The highest BCUT2D eigenvalue weighted by Crippen LogP contribution is 2.09. The number of hydrogen-bond acceptors (Lipinski definition) is 11. The Labute approximate surface area is 304 Å². The van der Waals surface area contributed by atoms with Crippen LogP contribution in [-0.4, -0.2) is 116 Å². The minimum absolute atomic E-state index is 0.0248. The average Bonchev–Trinajstić information content (AvgIpc) is 3.07. The van der Waals surface area contributed by atoms with Gasteiger partial charge in [0.25, 0.3) is 0 Å². The molecule has 0 saturated carbocycles. The number of carboxylic acid groups (broad SMARTS) is 1. The molecular formula is C30H62N16O6. The number of guanidine groups is 3. The fourth-order valence-electron chi connectivity index (χ4n) is 4.80. The summed E-state index contributed by atoms with van der Waals surface area (Å²) < 4.78 is 0. The number of unbranched alkanes of at least 4 members (excludes halogenated alkanes) is 2. The first-order valence-electron chi connectivity index (χ1n) is 17.4. The number of nitrogens with zero attached hydrogens (tertiary/aromatic N) is 3. The molecule has 0 fully saturated rings. The van der Waals surface area contributed by atoms with Gasteiger partial charge in [-0.3, -0.25) is 34.2 Å². The summed E-state index contributed by atoms with van der Waals surface area (Å²) >= 11 is 0. The summed E-state index contributed by atoms with van der Waals surface area (Å²) in [5, 5.41) is 20.1. The maximum Gasteiger partial charge on any atom is 0.326 e. The number of nitrogens with one attached hydrogen (secondary N) is 4. The van der Waals surface area contributed by atoms with Crippen LogP contribution in [0.25, 0.3) is 0 Å². The van der Waals surface area contributed by atoms with Crippen molar-refractivity contribution in [2.24, 2.45) is 66.6 Å². The number of carbonyl (C=O) groups excluding carboxylic acids is 4. The molecule has 0 aliphatic heterocycles. The van der Waals surface area contributed by atoms with Crippen molar-refractivity contribution < 1.29 is 29.1 Å². The monoisotopic (exact) mass is 743 g/mol. The van der Waals surface area contributed by atoms with Gasteiger partial charge in [0.05, 0.1) is 6.04 Å². The van der Waals surface area contributed by atoms with Crippen LogP contribution in [0.5, 0.6) is 0 Å². The highest BCUT2D eigenvalue weighted by molar-refractivity contribution is 5.95. The zero-order valence-corrected chi connectivity index (χ0v) is 29.9. The maximum absolute atomic E-state index is 13.8. The molecule has 0 aliphatic rings. The van der Waals surface area contributed by atoms with E-state index in [1.54, 1.807) is 0 Å². The number of nitrogens with two attached hydrogens (primary N) is 9. The summed E-state index contributed by atoms with van der Waals surface area (Å²) in [7, 11) is 0. The Hall–Kier alpha value is -4.96. The number of carbonyl (C=O) groups is 5. The van der Waals surface area contributed by atoms with Crippen LogP contribution in [-0.2, 0) is 24.0 Å². The Balaban J connectivity index is 6.17. The molecule has 298 valence electrons. The van der Waals surface area contributed by atoms with Crippen LogP contribution in [0, 0.1) is 0 Å². The normalized spacial score (nSPS) is 13.6. The maximum atomic E-state index is 13.8. The van der Waals surface area contributed by atoms with Crippen molar-refractivity contribution in [3.8, 4) is 0 Å². The summed E-state index contributed by atoms with van der Waals surface area (Å²) in [6.07, 6.45) is 3.53.